The summed E-state index contributed by atoms with van der Waals surface area (Å²) < 4.78 is 20.0. The Hall–Kier alpha value is -4.43. The van der Waals surface area contributed by atoms with Gasteiger partial charge >= 0.3 is 6.01 Å². The Bertz CT molecular complexity index is 1590. The molecule has 2 aromatic carbocycles. The SMILES string of the molecule is C=C(F)C(=O)N1CCN(c2nc(OC[C@@H]3CCCN3C)nc3c2CCN(c2cc(O)cc4ccccc24)C3)C[C@@H]1CC#N. The van der Waals surface area contributed by atoms with Crippen LogP contribution >= 0.6 is 0 Å². The fraction of sp³-hybridized carbons (Fsp3) is 0.438. The molecule has 10 nitrogen and oxygen atoms in total. The summed E-state index contributed by atoms with van der Waals surface area (Å²) in [4.78, 5) is 30.3. The average molecular weight is 586 g/mol. The van der Waals surface area contributed by atoms with Crippen molar-refractivity contribution in [3.05, 3.63) is 60.1 Å². The highest BCUT2D eigenvalue weighted by Gasteiger charge is 2.35. The van der Waals surface area contributed by atoms with E-state index in [9.17, 15) is 19.6 Å². The number of benzene rings is 2. The van der Waals surface area contributed by atoms with Crippen molar-refractivity contribution in [2.24, 2.45) is 0 Å². The number of phenolic OH excluding ortho intramolecular Hbond substituents is 1. The lowest BCUT2D eigenvalue weighted by molar-refractivity contribution is -0.131. The molecule has 3 aromatic rings. The van der Waals surface area contributed by atoms with Gasteiger partial charge in [-0.15, -0.1) is 0 Å². The number of likely N-dealkylation sites (tertiary alicyclic amines) is 1. The number of hydrogen-bond acceptors (Lipinski definition) is 9. The smallest absolute Gasteiger partial charge is 0.318 e. The van der Waals surface area contributed by atoms with E-state index in [2.05, 4.69) is 40.5 Å². The van der Waals surface area contributed by atoms with E-state index in [0.29, 0.717) is 51.3 Å². The molecule has 1 amide bonds. The number of carbonyl (C=O) groups excluding carboxylic acids is 1. The summed E-state index contributed by atoms with van der Waals surface area (Å²) in [5, 5.41) is 22.0. The number of halogens is 1. The van der Waals surface area contributed by atoms with Crippen LogP contribution in [0.2, 0.25) is 0 Å². The molecule has 224 valence electrons. The van der Waals surface area contributed by atoms with E-state index < -0.39 is 17.8 Å². The molecular weight excluding hydrogens is 549 g/mol. The summed E-state index contributed by atoms with van der Waals surface area (Å²) in [7, 11) is 2.10. The molecule has 0 aliphatic carbocycles. The quantitative estimate of drug-likeness (QED) is 0.415. The van der Waals surface area contributed by atoms with Gasteiger partial charge in [0.2, 0.25) is 0 Å². The van der Waals surface area contributed by atoms with E-state index in [1.165, 1.54) is 4.90 Å². The maximum absolute atomic E-state index is 13.8. The Morgan fingerprint density at radius 2 is 2.00 bits per heavy atom. The molecule has 1 N–H and O–H groups in total. The molecular formula is C32H36FN7O3. The van der Waals surface area contributed by atoms with E-state index >= 15 is 0 Å². The number of piperazine rings is 1. The van der Waals surface area contributed by atoms with Crippen LogP contribution in [0.3, 0.4) is 0 Å². The first-order valence-electron chi connectivity index (χ1n) is 14.8. The van der Waals surface area contributed by atoms with Crippen LogP contribution in [-0.2, 0) is 17.8 Å². The van der Waals surface area contributed by atoms with Crippen LogP contribution < -0.4 is 14.5 Å². The number of phenols is 1. The maximum atomic E-state index is 13.8. The van der Waals surface area contributed by atoms with Gasteiger partial charge in [0.25, 0.3) is 5.91 Å². The number of carbonyl (C=O) groups is 1. The molecule has 3 aliphatic heterocycles. The number of likely N-dealkylation sites (N-methyl/N-ethyl adjacent to an activating group) is 1. The van der Waals surface area contributed by atoms with Crippen molar-refractivity contribution in [2.45, 2.75) is 44.3 Å². The summed E-state index contributed by atoms with van der Waals surface area (Å²) in [6, 6.07) is 13.8. The van der Waals surface area contributed by atoms with Crippen LogP contribution in [0, 0.1) is 11.3 Å². The molecule has 0 spiro atoms. The topological polar surface area (TPSA) is 109 Å². The highest BCUT2D eigenvalue weighted by atomic mass is 19.1. The third-order valence-electron chi connectivity index (χ3n) is 8.87. The summed E-state index contributed by atoms with van der Waals surface area (Å²) in [6.07, 6.45) is 2.91. The number of aromatic nitrogens is 2. The maximum Gasteiger partial charge on any atom is 0.318 e. The Morgan fingerprint density at radius 3 is 2.77 bits per heavy atom. The molecule has 2 saturated heterocycles. The Labute approximate surface area is 250 Å². The second-order valence-electron chi connectivity index (χ2n) is 11.6. The zero-order valence-electron chi connectivity index (χ0n) is 24.4. The number of aromatic hydroxyl groups is 1. The van der Waals surface area contributed by atoms with E-state index in [-0.39, 0.29) is 18.7 Å². The molecule has 3 aliphatic rings. The number of fused-ring (bicyclic) bond motifs is 2. The van der Waals surface area contributed by atoms with Gasteiger partial charge in [-0.1, -0.05) is 30.8 Å². The van der Waals surface area contributed by atoms with Gasteiger partial charge in [-0.3, -0.25) is 4.79 Å². The fourth-order valence-electron chi connectivity index (χ4n) is 6.57. The second kappa shape index (κ2) is 12.1. The van der Waals surface area contributed by atoms with Crippen molar-refractivity contribution in [3.8, 4) is 17.8 Å². The van der Waals surface area contributed by atoms with Crippen molar-refractivity contribution in [1.82, 2.24) is 19.8 Å². The summed E-state index contributed by atoms with van der Waals surface area (Å²) in [5.41, 5.74) is 2.77. The molecule has 6 rings (SSSR count). The predicted octanol–water partition coefficient (Wildman–Crippen LogP) is 3.79. The summed E-state index contributed by atoms with van der Waals surface area (Å²) in [6.45, 7) is 6.88. The number of hydrogen-bond donors (Lipinski definition) is 1. The van der Waals surface area contributed by atoms with Crippen molar-refractivity contribution in [3.63, 3.8) is 0 Å². The standard InChI is InChI=1S/C32H36FN7O3/c1-21(33)31(42)40-15-14-39(18-23(40)9-11-34)30-27-10-13-38(29-17-25(41)16-22-6-3-4-8-26(22)29)19-28(27)35-32(36-30)43-20-24-7-5-12-37(24)2/h3-4,6,8,16-17,23-24,41H,1,5,7,9-10,12-15,18-20H2,2H3/t23-,24-/m0/s1. The Kier molecular flexibility index (Phi) is 8.04. The van der Waals surface area contributed by atoms with Gasteiger partial charge < -0.3 is 29.4 Å². The molecule has 0 unspecified atom stereocenters. The number of anilines is 2. The van der Waals surface area contributed by atoms with Gasteiger partial charge in [0.05, 0.1) is 30.8 Å². The highest BCUT2D eigenvalue weighted by Crippen LogP contribution is 2.37. The monoisotopic (exact) mass is 585 g/mol. The largest absolute Gasteiger partial charge is 0.508 e. The molecule has 11 heteroatoms. The molecule has 2 fully saturated rings. The van der Waals surface area contributed by atoms with E-state index in [1.807, 2.05) is 18.2 Å². The summed E-state index contributed by atoms with van der Waals surface area (Å²) in [5.74, 6) is -0.861. The minimum Gasteiger partial charge on any atom is -0.508 e. The molecule has 0 bridgehead atoms. The van der Waals surface area contributed by atoms with Gasteiger partial charge in [-0.05, 0) is 44.3 Å². The lowest BCUT2D eigenvalue weighted by Crippen LogP contribution is -2.55. The van der Waals surface area contributed by atoms with Crippen molar-refractivity contribution in [2.75, 3.05) is 56.2 Å². The van der Waals surface area contributed by atoms with Crippen LogP contribution in [0.25, 0.3) is 10.8 Å². The lowest BCUT2D eigenvalue weighted by Gasteiger charge is -2.42. The van der Waals surface area contributed by atoms with E-state index in [1.54, 1.807) is 12.1 Å². The second-order valence-corrected chi connectivity index (χ2v) is 11.6. The third kappa shape index (κ3) is 5.79. The van der Waals surface area contributed by atoms with E-state index in [4.69, 9.17) is 14.7 Å². The number of nitrogens with zero attached hydrogens (tertiary/aromatic N) is 7. The van der Waals surface area contributed by atoms with Gasteiger partial charge in [0.1, 0.15) is 18.2 Å². The first kappa shape index (κ1) is 28.7. The lowest BCUT2D eigenvalue weighted by atomic mass is 10.0. The zero-order chi connectivity index (χ0) is 30.1. The molecule has 0 saturated carbocycles. The molecule has 4 heterocycles. The third-order valence-corrected chi connectivity index (χ3v) is 8.87. The average Bonchev–Trinajstić information content (AvgIpc) is 3.42. The molecule has 1 aromatic heterocycles. The van der Waals surface area contributed by atoms with Crippen molar-refractivity contribution >= 4 is 28.2 Å². The minimum absolute atomic E-state index is 0.0680. The highest BCUT2D eigenvalue weighted by molar-refractivity contribution is 5.95. The number of ether oxygens (including phenoxy) is 1. The number of rotatable bonds is 7. The molecule has 0 radical (unpaired) electrons. The first-order chi connectivity index (χ1) is 20.8. The van der Waals surface area contributed by atoms with Gasteiger partial charge in [-0.2, -0.15) is 15.2 Å². The van der Waals surface area contributed by atoms with E-state index in [0.717, 1.165) is 52.9 Å². The minimum atomic E-state index is -1.03. The van der Waals surface area contributed by atoms with Crippen molar-refractivity contribution in [1.29, 1.82) is 5.26 Å². The molecule has 2 atom stereocenters. The molecule has 43 heavy (non-hydrogen) atoms. The van der Waals surface area contributed by atoms with Gasteiger partial charge in [-0.25, -0.2) is 4.39 Å². The van der Waals surface area contributed by atoms with Crippen LogP contribution in [0.4, 0.5) is 15.9 Å². The number of amides is 1. The first-order valence-corrected chi connectivity index (χ1v) is 14.8. The number of nitriles is 1. The summed E-state index contributed by atoms with van der Waals surface area (Å²) >= 11 is 0. The Balaban J connectivity index is 1.34. The van der Waals surface area contributed by atoms with Crippen molar-refractivity contribution < 1.29 is 19.0 Å². The van der Waals surface area contributed by atoms with Gasteiger partial charge in [0, 0.05) is 54.9 Å². The predicted molar refractivity (Wildman–Crippen MR) is 162 cm³/mol. The fourth-order valence-corrected chi connectivity index (χ4v) is 6.57. The van der Waals surface area contributed by atoms with Crippen LogP contribution in [-0.4, -0.2) is 89.2 Å². The van der Waals surface area contributed by atoms with Gasteiger partial charge in [0.15, 0.2) is 5.83 Å². The zero-order valence-corrected chi connectivity index (χ0v) is 24.4. The van der Waals surface area contributed by atoms with Crippen LogP contribution in [0.1, 0.15) is 30.5 Å². The normalized spacial score (nSPS) is 20.6. The Morgan fingerprint density at radius 1 is 1.16 bits per heavy atom. The van der Waals surface area contributed by atoms with Crippen LogP contribution in [0.5, 0.6) is 11.8 Å². The van der Waals surface area contributed by atoms with Crippen LogP contribution in [0.15, 0.2) is 48.8 Å².